The van der Waals surface area contributed by atoms with Crippen molar-refractivity contribution >= 4 is 0 Å². The topological polar surface area (TPSA) is 43.0 Å². The van der Waals surface area contributed by atoms with Gasteiger partial charge >= 0.3 is 0 Å². The lowest BCUT2D eigenvalue weighted by atomic mass is 9.91. The Morgan fingerprint density at radius 1 is 0.867 bits per heavy atom. The predicted octanol–water partition coefficient (Wildman–Crippen LogP) is 4.48. The van der Waals surface area contributed by atoms with Crippen LogP contribution in [0.5, 0.6) is 17.2 Å². The quantitative estimate of drug-likeness (QED) is 0.658. The molecule has 1 aliphatic heterocycles. The third-order valence-corrected chi connectivity index (χ3v) is 5.83. The van der Waals surface area contributed by atoms with E-state index in [-0.39, 0.29) is 0 Å². The van der Waals surface area contributed by atoms with Gasteiger partial charge in [-0.25, -0.2) is 0 Å². The molecule has 30 heavy (non-hydrogen) atoms. The SMILES string of the molecule is COc1cc(CNCc2ccccc2CN2CC(C)CC(C)C2)cc(OC)c1OC. The van der Waals surface area contributed by atoms with Crippen molar-refractivity contribution in [3.05, 3.63) is 53.1 Å². The molecule has 2 aromatic carbocycles. The van der Waals surface area contributed by atoms with Gasteiger partial charge in [-0.2, -0.15) is 0 Å². The van der Waals surface area contributed by atoms with Gasteiger partial charge in [0.2, 0.25) is 5.75 Å². The summed E-state index contributed by atoms with van der Waals surface area (Å²) >= 11 is 0. The maximum atomic E-state index is 5.47. The van der Waals surface area contributed by atoms with Gasteiger partial charge in [0.15, 0.2) is 11.5 Å². The summed E-state index contributed by atoms with van der Waals surface area (Å²) in [4.78, 5) is 2.61. The number of hydrogen-bond donors (Lipinski definition) is 1. The van der Waals surface area contributed by atoms with Crippen molar-refractivity contribution in [3.63, 3.8) is 0 Å². The molecule has 2 atom stereocenters. The summed E-state index contributed by atoms with van der Waals surface area (Å²) < 4.78 is 16.3. The molecule has 1 aliphatic rings. The number of methoxy groups -OCH3 is 3. The van der Waals surface area contributed by atoms with Gasteiger partial charge in [0.05, 0.1) is 21.3 Å². The van der Waals surface area contributed by atoms with Crippen molar-refractivity contribution in [1.82, 2.24) is 10.2 Å². The van der Waals surface area contributed by atoms with Crippen LogP contribution in [0.3, 0.4) is 0 Å². The molecule has 0 bridgehead atoms. The van der Waals surface area contributed by atoms with Crippen LogP contribution in [0.2, 0.25) is 0 Å². The fraction of sp³-hybridized carbons (Fsp3) is 0.520. The lowest BCUT2D eigenvalue weighted by Gasteiger charge is -2.35. The first-order valence-electron chi connectivity index (χ1n) is 10.8. The average Bonchev–Trinajstić information content (AvgIpc) is 2.73. The highest BCUT2D eigenvalue weighted by atomic mass is 16.5. The Balaban J connectivity index is 1.64. The van der Waals surface area contributed by atoms with E-state index < -0.39 is 0 Å². The maximum Gasteiger partial charge on any atom is 0.203 e. The molecule has 5 heteroatoms. The number of ether oxygens (including phenoxy) is 3. The van der Waals surface area contributed by atoms with Crippen LogP contribution in [0.15, 0.2) is 36.4 Å². The summed E-state index contributed by atoms with van der Waals surface area (Å²) in [5.41, 5.74) is 3.87. The number of benzene rings is 2. The first kappa shape index (κ1) is 22.4. The standard InChI is InChI=1S/C25H36N2O3/c1-18-10-19(2)16-27(15-18)17-22-9-7-6-8-21(22)14-26-13-20-11-23(28-3)25(30-5)24(12-20)29-4/h6-9,11-12,18-19,26H,10,13-17H2,1-5H3. The minimum Gasteiger partial charge on any atom is -0.493 e. The molecule has 1 heterocycles. The zero-order valence-electron chi connectivity index (χ0n) is 19.0. The van der Waals surface area contributed by atoms with Gasteiger partial charge in [-0.3, -0.25) is 4.90 Å². The number of nitrogens with zero attached hydrogens (tertiary/aromatic N) is 1. The van der Waals surface area contributed by atoms with Crippen LogP contribution in [0, 0.1) is 11.8 Å². The van der Waals surface area contributed by atoms with Crippen LogP contribution in [0.1, 0.15) is 37.0 Å². The summed E-state index contributed by atoms with van der Waals surface area (Å²) in [7, 11) is 4.92. The summed E-state index contributed by atoms with van der Waals surface area (Å²) in [6.07, 6.45) is 1.34. The van der Waals surface area contributed by atoms with Gasteiger partial charge in [0.25, 0.3) is 0 Å². The van der Waals surface area contributed by atoms with Gasteiger partial charge in [-0.05, 0) is 47.1 Å². The number of rotatable bonds is 9. The first-order valence-corrected chi connectivity index (χ1v) is 10.8. The molecule has 1 saturated heterocycles. The van der Waals surface area contributed by atoms with E-state index in [4.69, 9.17) is 14.2 Å². The van der Waals surface area contributed by atoms with E-state index >= 15 is 0 Å². The Morgan fingerprint density at radius 2 is 1.47 bits per heavy atom. The van der Waals surface area contributed by atoms with E-state index in [9.17, 15) is 0 Å². The van der Waals surface area contributed by atoms with E-state index in [1.165, 1.54) is 30.6 Å². The van der Waals surface area contributed by atoms with Gasteiger partial charge in [0.1, 0.15) is 0 Å². The molecule has 0 spiro atoms. The molecule has 0 saturated carbocycles. The predicted molar refractivity (Wildman–Crippen MR) is 121 cm³/mol. The molecular formula is C25H36N2O3. The highest BCUT2D eigenvalue weighted by Gasteiger charge is 2.22. The molecule has 5 nitrogen and oxygen atoms in total. The van der Waals surface area contributed by atoms with E-state index in [1.54, 1.807) is 21.3 Å². The summed E-state index contributed by atoms with van der Waals surface area (Å²) in [5, 5.41) is 3.58. The van der Waals surface area contributed by atoms with Gasteiger partial charge in [0, 0.05) is 32.7 Å². The highest BCUT2D eigenvalue weighted by Crippen LogP contribution is 2.38. The molecule has 164 valence electrons. The third kappa shape index (κ3) is 5.67. The van der Waals surface area contributed by atoms with Crippen LogP contribution in [0.4, 0.5) is 0 Å². The Bertz CT molecular complexity index is 789. The lowest BCUT2D eigenvalue weighted by Crippen LogP contribution is -2.38. The monoisotopic (exact) mass is 412 g/mol. The van der Waals surface area contributed by atoms with Crippen LogP contribution >= 0.6 is 0 Å². The molecule has 2 unspecified atom stereocenters. The van der Waals surface area contributed by atoms with Gasteiger partial charge in [-0.1, -0.05) is 38.1 Å². The van der Waals surface area contributed by atoms with Crippen molar-refractivity contribution in [3.8, 4) is 17.2 Å². The Labute approximate surface area is 181 Å². The first-order chi connectivity index (χ1) is 14.5. The molecule has 0 amide bonds. The number of hydrogen-bond acceptors (Lipinski definition) is 5. The average molecular weight is 413 g/mol. The van der Waals surface area contributed by atoms with E-state index in [0.717, 1.165) is 37.0 Å². The smallest absolute Gasteiger partial charge is 0.203 e. The molecule has 1 fully saturated rings. The molecule has 0 aliphatic carbocycles. The number of likely N-dealkylation sites (tertiary alicyclic amines) is 1. The maximum absolute atomic E-state index is 5.47. The van der Waals surface area contributed by atoms with Crippen molar-refractivity contribution < 1.29 is 14.2 Å². The zero-order valence-corrected chi connectivity index (χ0v) is 19.0. The van der Waals surface area contributed by atoms with Crippen molar-refractivity contribution in [2.75, 3.05) is 34.4 Å². The number of piperidine rings is 1. The Kier molecular flexibility index (Phi) is 8.00. The van der Waals surface area contributed by atoms with Gasteiger partial charge < -0.3 is 19.5 Å². The Morgan fingerprint density at radius 3 is 2.03 bits per heavy atom. The minimum absolute atomic E-state index is 0.624. The molecule has 1 N–H and O–H groups in total. The third-order valence-electron chi connectivity index (χ3n) is 5.83. The van der Waals surface area contributed by atoms with Gasteiger partial charge in [-0.15, -0.1) is 0 Å². The Hall–Kier alpha value is -2.24. The van der Waals surface area contributed by atoms with Crippen LogP contribution in [-0.4, -0.2) is 39.3 Å². The number of nitrogens with one attached hydrogen (secondary N) is 1. The second-order valence-corrected chi connectivity index (χ2v) is 8.55. The molecular weight excluding hydrogens is 376 g/mol. The van der Waals surface area contributed by atoms with Crippen LogP contribution in [0.25, 0.3) is 0 Å². The van der Waals surface area contributed by atoms with Crippen molar-refractivity contribution in [2.45, 2.75) is 39.9 Å². The van der Waals surface area contributed by atoms with Crippen molar-refractivity contribution in [1.29, 1.82) is 0 Å². The zero-order chi connectivity index (χ0) is 21.5. The summed E-state index contributed by atoms with van der Waals surface area (Å²) in [6, 6.07) is 12.8. The normalized spacial score (nSPS) is 19.5. The highest BCUT2D eigenvalue weighted by molar-refractivity contribution is 5.53. The lowest BCUT2D eigenvalue weighted by molar-refractivity contribution is 0.134. The molecule has 0 radical (unpaired) electrons. The van der Waals surface area contributed by atoms with E-state index in [2.05, 4.69) is 48.3 Å². The van der Waals surface area contributed by atoms with Crippen molar-refractivity contribution in [2.24, 2.45) is 11.8 Å². The molecule has 3 rings (SSSR count). The fourth-order valence-corrected chi connectivity index (χ4v) is 4.63. The summed E-state index contributed by atoms with van der Waals surface area (Å²) in [5.74, 6) is 3.54. The van der Waals surface area contributed by atoms with E-state index in [1.807, 2.05) is 12.1 Å². The largest absolute Gasteiger partial charge is 0.493 e. The molecule has 2 aromatic rings. The molecule has 0 aromatic heterocycles. The van der Waals surface area contributed by atoms with E-state index in [0.29, 0.717) is 17.2 Å². The van der Waals surface area contributed by atoms with Crippen LogP contribution in [-0.2, 0) is 19.6 Å². The summed E-state index contributed by atoms with van der Waals surface area (Å²) in [6.45, 7) is 9.70. The fourth-order valence-electron chi connectivity index (χ4n) is 4.63. The second-order valence-electron chi connectivity index (χ2n) is 8.55. The van der Waals surface area contributed by atoms with Crippen LogP contribution < -0.4 is 19.5 Å². The minimum atomic E-state index is 0.624. The second kappa shape index (κ2) is 10.7.